The topological polar surface area (TPSA) is 58.1 Å². The Morgan fingerprint density at radius 3 is 2.45 bits per heavy atom. The zero-order valence-electron chi connectivity index (χ0n) is 11.7. The van der Waals surface area contributed by atoms with Gasteiger partial charge in [-0.3, -0.25) is 4.79 Å². The Kier molecular flexibility index (Phi) is 4.65. The van der Waals surface area contributed by atoms with Crippen LogP contribution in [0.4, 0.5) is 11.6 Å². The molecule has 104 valence electrons. The Bertz CT molecular complexity index is 554. The molecule has 0 fully saturated rings. The van der Waals surface area contributed by atoms with Gasteiger partial charge < -0.3 is 10.2 Å². The molecule has 2 aromatic rings. The highest BCUT2D eigenvalue weighted by molar-refractivity contribution is 5.93. The highest BCUT2D eigenvalue weighted by atomic mass is 16.1. The number of amides is 1. The number of aromatic nitrogens is 2. The van der Waals surface area contributed by atoms with Crippen molar-refractivity contribution in [3.63, 3.8) is 0 Å². The molecule has 0 spiro atoms. The standard InChI is InChI=1S/C15H18N4O/c1-3-9-16-14(20)12-10-17-15(18-11-12)19(2)13-7-5-4-6-8-13/h4-8,10-11H,3,9H2,1-2H3,(H,16,20). The zero-order valence-corrected chi connectivity index (χ0v) is 11.7. The Balaban J connectivity index is 2.10. The summed E-state index contributed by atoms with van der Waals surface area (Å²) in [5, 5.41) is 2.80. The van der Waals surface area contributed by atoms with E-state index in [1.165, 1.54) is 0 Å². The van der Waals surface area contributed by atoms with E-state index in [4.69, 9.17) is 0 Å². The van der Waals surface area contributed by atoms with Gasteiger partial charge in [-0.2, -0.15) is 0 Å². The van der Waals surface area contributed by atoms with E-state index >= 15 is 0 Å². The molecule has 5 heteroatoms. The van der Waals surface area contributed by atoms with Crippen LogP contribution in [0.15, 0.2) is 42.7 Å². The van der Waals surface area contributed by atoms with E-state index in [1.54, 1.807) is 12.4 Å². The number of anilines is 2. The van der Waals surface area contributed by atoms with Crippen molar-refractivity contribution in [1.82, 2.24) is 15.3 Å². The molecule has 20 heavy (non-hydrogen) atoms. The van der Waals surface area contributed by atoms with Crippen LogP contribution in [0.3, 0.4) is 0 Å². The number of hydrogen-bond donors (Lipinski definition) is 1. The number of benzene rings is 1. The molecular formula is C15H18N4O. The fraction of sp³-hybridized carbons (Fsp3) is 0.267. The van der Waals surface area contributed by atoms with E-state index in [1.807, 2.05) is 49.2 Å². The number of nitrogens with one attached hydrogen (secondary N) is 1. The molecule has 0 saturated carbocycles. The fourth-order valence-corrected chi connectivity index (χ4v) is 1.72. The van der Waals surface area contributed by atoms with Gasteiger partial charge in [0.05, 0.1) is 5.56 Å². The van der Waals surface area contributed by atoms with Gasteiger partial charge in [0, 0.05) is 31.7 Å². The predicted octanol–water partition coefficient (Wildman–Crippen LogP) is 2.38. The number of carbonyl (C=O) groups is 1. The summed E-state index contributed by atoms with van der Waals surface area (Å²) in [6.07, 6.45) is 4.00. The van der Waals surface area contributed by atoms with Crippen LogP contribution < -0.4 is 10.2 Å². The number of carbonyl (C=O) groups excluding carboxylic acids is 1. The van der Waals surface area contributed by atoms with Gasteiger partial charge in [0.2, 0.25) is 5.95 Å². The van der Waals surface area contributed by atoms with E-state index in [-0.39, 0.29) is 5.91 Å². The molecule has 1 heterocycles. The smallest absolute Gasteiger partial charge is 0.254 e. The van der Waals surface area contributed by atoms with Gasteiger partial charge in [-0.1, -0.05) is 25.1 Å². The van der Waals surface area contributed by atoms with Gasteiger partial charge in [-0.25, -0.2) is 9.97 Å². The molecule has 1 amide bonds. The summed E-state index contributed by atoms with van der Waals surface area (Å²) < 4.78 is 0. The summed E-state index contributed by atoms with van der Waals surface area (Å²) in [6, 6.07) is 9.83. The second kappa shape index (κ2) is 6.65. The molecule has 0 radical (unpaired) electrons. The van der Waals surface area contributed by atoms with Crippen LogP contribution in [0.5, 0.6) is 0 Å². The first-order valence-corrected chi connectivity index (χ1v) is 6.61. The zero-order chi connectivity index (χ0) is 14.4. The Morgan fingerprint density at radius 2 is 1.85 bits per heavy atom. The lowest BCUT2D eigenvalue weighted by molar-refractivity contribution is 0.0953. The molecule has 0 aliphatic carbocycles. The van der Waals surface area contributed by atoms with E-state index in [9.17, 15) is 4.79 Å². The maximum absolute atomic E-state index is 11.7. The summed E-state index contributed by atoms with van der Waals surface area (Å²) in [7, 11) is 1.89. The summed E-state index contributed by atoms with van der Waals surface area (Å²) >= 11 is 0. The van der Waals surface area contributed by atoms with Gasteiger partial charge in [0.1, 0.15) is 0 Å². The Hall–Kier alpha value is -2.43. The van der Waals surface area contributed by atoms with Crippen LogP contribution in [0.25, 0.3) is 0 Å². The summed E-state index contributed by atoms with van der Waals surface area (Å²) in [6.45, 7) is 2.67. The Morgan fingerprint density at radius 1 is 1.20 bits per heavy atom. The maximum atomic E-state index is 11.7. The summed E-state index contributed by atoms with van der Waals surface area (Å²) in [4.78, 5) is 22.1. The van der Waals surface area contributed by atoms with Crippen LogP contribution >= 0.6 is 0 Å². The van der Waals surface area contributed by atoms with Crippen molar-refractivity contribution < 1.29 is 4.79 Å². The van der Waals surface area contributed by atoms with Gasteiger partial charge in [-0.05, 0) is 18.6 Å². The van der Waals surface area contributed by atoms with Crippen molar-refractivity contribution in [1.29, 1.82) is 0 Å². The molecule has 1 aromatic carbocycles. The van der Waals surface area contributed by atoms with Crippen LogP contribution in [-0.2, 0) is 0 Å². The minimum absolute atomic E-state index is 0.138. The first-order chi connectivity index (χ1) is 9.72. The van der Waals surface area contributed by atoms with Gasteiger partial charge in [0.25, 0.3) is 5.91 Å². The monoisotopic (exact) mass is 270 g/mol. The maximum Gasteiger partial charge on any atom is 0.254 e. The number of hydrogen-bond acceptors (Lipinski definition) is 4. The molecule has 0 unspecified atom stereocenters. The summed E-state index contributed by atoms with van der Waals surface area (Å²) in [5.41, 5.74) is 1.47. The van der Waals surface area contributed by atoms with Gasteiger partial charge >= 0.3 is 0 Å². The van der Waals surface area contributed by atoms with Crippen molar-refractivity contribution in [3.05, 3.63) is 48.3 Å². The molecule has 0 aliphatic rings. The quantitative estimate of drug-likeness (QED) is 0.906. The molecule has 2 rings (SSSR count). The normalized spacial score (nSPS) is 10.1. The van der Waals surface area contributed by atoms with E-state index in [0.29, 0.717) is 18.1 Å². The molecule has 0 bridgehead atoms. The third-order valence-corrected chi connectivity index (χ3v) is 2.88. The average Bonchev–Trinajstić information content (AvgIpc) is 2.53. The second-order valence-corrected chi connectivity index (χ2v) is 4.42. The lowest BCUT2D eigenvalue weighted by atomic mass is 10.3. The van der Waals surface area contributed by atoms with Crippen LogP contribution in [0.1, 0.15) is 23.7 Å². The Labute approximate surface area is 118 Å². The van der Waals surface area contributed by atoms with Crippen LogP contribution in [0, 0.1) is 0 Å². The van der Waals surface area contributed by atoms with E-state index < -0.39 is 0 Å². The molecule has 0 atom stereocenters. The fourth-order valence-electron chi connectivity index (χ4n) is 1.72. The molecule has 1 aromatic heterocycles. The van der Waals surface area contributed by atoms with Crippen LogP contribution in [0.2, 0.25) is 0 Å². The van der Waals surface area contributed by atoms with Crippen molar-refractivity contribution in [2.75, 3.05) is 18.5 Å². The van der Waals surface area contributed by atoms with Gasteiger partial charge in [-0.15, -0.1) is 0 Å². The van der Waals surface area contributed by atoms with E-state index in [0.717, 1.165) is 12.1 Å². The molecule has 0 saturated heterocycles. The molecule has 5 nitrogen and oxygen atoms in total. The first kappa shape index (κ1) is 14.0. The highest BCUT2D eigenvalue weighted by Gasteiger charge is 2.09. The molecular weight excluding hydrogens is 252 g/mol. The van der Waals surface area contributed by atoms with Crippen molar-refractivity contribution in [3.8, 4) is 0 Å². The van der Waals surface area contributed by atoms with Gasteiger partial charge in [0.15, 0.2) is 0 Å². The SMILES string of the molecule is CCCNC(=O)c1cnc(N(C)c2ccccc2)nc1. The average molecular weight is 270 g/mol. The molecule has 1 N–H and O–H groups in total. The van der Waals surface area contributed by atoms with Crippen molar-refractivity contribution in [2.24, 2.45) is 0 Å². The minimum Gasteiger partial charge on any atom is -0.352 e. The van der Waals surface area contributed by atoms with Crippen molar-refractivity contribution in [2.45, 2.75) is 13.3 Å². The predicted molar refractivity (Wildman–Crippen MR) is 79.2 cm³/mol. The van der Waals surface area contributed by atoms with Crippen LogP contribution in [-0.4, -0.2) is 29.5 Å². The minimum atomic E-state index is -0.138. The first-order valence-electron chi connectivity index (χ1n) is 6.61. The third kappa shape index (κ3) is 3.32. The third-order valence-electron chi connectivity index (χ3n) is 2.88. The highest BCUT2D eigenvalue weighted by Crippen LogP contribution is 2.18. The lowest BCUT2D eigenvalue weighted by Gasteiger charge is -2.16. The lowest BCUT2D eigenvalue weighted by Crippen LogP contribution is -2.24. The number of nitrogens with zero attached hydrogens (tertiary/aromatic N) is 3. The number of rotatable bonds is 5. The number of para-hydroxylation sites is 1. The van der Waals surface area contributed by atoms with Crippen molar-refractivity contribution >= 4 is 17.5 Å². The second-order valence-electron chi connectivity index (χ2n) is 4.42. The molecule has 0 aliphatic heterocycles. The summed E-state index contributed by atoms with van der Waals surface area (Å²) in [5.74, 6) is 0.420. The largest absolute Gasteiger partial charge is 0.352 e. The van der Waals surface area contributed by atoms with E-state index in [2.05, 4.69) is 15.3 Å².